The van der Waals surface area contributed by atoms with Crippen molar-refractivity contribution in [2.24, 2.45) is 5.41 Å². The largest absolute Gasteiger partial charge is 0.384 e. The normalized spacial score (nSPS) is 32.1. The highest BCUT2D eigenvalue weighted by atomic mass is 32.1. The van der Waals surface area contributed by atoms with Crippen LogP contribution in [0.15, 0.2) is 0 Å². The third-order valence-corrected chi connectivity index (χ3v) is 4.61. The minimum absolute atomic E-state index is 0.161. The van der Waals surface area contributed by atoms with Gasteiger partial charge in [-0.2, -0.15) is 0 Å². The first-order valence-electron chi connectivity index (χ1n) is 5.89. The zero-order valence-corrected chi connectivity index (χ0v) is 11.0. The van der Waals surface area contributed by atoms with E-state index in [0.717, 1.165) is 42.9 Å². The van der Waals surface area contributed by atoms with Gasteiger partial charge in [0.1, 0.15) is 5.01 Å². The van der Waals surface area contributed by atoms with Gasteiger partial charge in [0.25, 0.3) is 0 Å². The molecule has 0 spiro atoms. The summed E-state index contributed by atoms with van der Waals surface area (Å²) in [5.41, 5.74) is 0.161. The Morgan fingerprint density at radius 2 is 2.47 bits per heavy atom. The highest BCUT2D eigenvalue weighted by molar-refractivity contribution is 7.15. The van der Waals surface area contributed by atoms with Crippen molar-refractivity contribution in [2.45, 2.75) is 19.4 Å². The molecule has 2 aliphatic heterocycles. The number of rotatable bonds is 3. The van der Waals surface area contributed by atoms with Crippen molar-refractivity contribution in [3.05, 3.63) is 5.01 Å². The van der Waals surface area contributed by atoms with Crippen LogP contribution >= 0.6 is 11.3 Å². The van der Waals surface area contributed by atoms with E-state index in [4.69, 9.17) is 9.47 Å². The van der Waals surface area contributed by atoms with Gasteiger partial charge in [0.2, 0.25) is 5.13 Å². The molecule has 0 aliphatic carbocycles. The van der Waals surface area contributed by atoms with Crippen molar-refractivity contribution in [3.63, 3.8) is 0 Å². The van der Waals surface area contributed by atoms with Crippen molar-refractivity contribution >= 4 is 16.5 Å². The van der Waals surface area contributed by atoms with Crippen LogP contribution in [0.5, 0.6) is 0 Å². The van der Waals surface area contributed by atoms with Crippen molar-refractivity contribution < 1.29 is 9.47 Å². The summed E-state index contributed by atoms with van der Waals surface area (Å²) in [6, 6.07) is 0. The van der Waals surface area contributed by atoms with Crippen LogP contribution in [0.25, 0.3) is 0 Å². The number of fused-ring (bicyclic) bond motifs is 1. The molecular formula is C11H17N3O2S. The standard InChI is InChI=1S/C11H17N3O2S/c1-8-12-13-10(17-8)14-5-9-11(6-14,7-15-2)3-4-16-9/h9H,3-7H2,1-2H3/t9-,11+/m0/s1. The van der Waals surface area contributed by atoms with Crippen LogP contribution in [0, 0.1) is 12.3 Å². The van der Waals surface area contributed by atoms with Gasteiger partial charge in [0.15, 0.2) is 0 Å². The van der Waals surface area contributed by atoms with Crippen molar-refractivity contribution in [2.75, 3.05) is 38.3 Å². The average Bonchev–Trinajstić information content (AvgIpc) is 2.91. The van der Waals surface area contributed by atoms with E-state index in [-0.39, 0.29) is 11.5 Å². The third kappa shape index (κ3) is 1.84. The summed E-state index contributed by atoms with van der Waals surface area (Å²) in [5.74, 6) is 0. The summed E-state index contributed by atoms with van der Waals surface area (Å²) in [7, 11) is 1.77. The lowest BCUT2D eigenvalue weighted by atomic mass is 9.84. The fourth-order valence-electron chi connectivity index (χ4n) is 2.87. The molecule has 17 heavy (non-hydrogen) atoms. The maximum absolute atomic E-state index is 5.83. The summed E-state index contributed by atoms with van der Waals surface area (Å²) < 4.78 is 11.2. The van der Waals surface area contributed by atoms with Crippen LogP contribution < -0.4 is 4.90 Å². The molecule has 1 aromatic heterocycles. The second-order valence-corrected chi connectivity index (χ2v) is 6.05. The molecule has 2 fully saturated rings. The van der Waals surface area contributed by atoms with Gasteiger partial charge >= 0.3 is 0 Å². The fourth-order valence-corrected chi connectivity index (χ4v) is 3.57. The van der Waals surface area contributed by atoms with E-state index in [1.54, 1.807) is 18.4 Å². The number of anilines is 1. The minimum atomic E-state index is 0.161. The Bertz CT molecular complexity index is 411. The van der Waals surface area contributed by atoms with Crippen molar-refractivity contribution in [1.29, 1.82) is 0 Å². The van der Waals surface area contributed by atoms with Gasteiger partial charge in [0.05, 0.1) is 12.7 Å². The van der Waals surface area contributed by atoms with Gasteiger partial charge < -0.3 is 14.4 Å². The van der Waals surface area contributed by atoms with Crippen LogP contribution in [-0.4, -0.2) is 49.7 Å². The molecule has 6 heteroatoms. The number of aromatic nitrogens is 2. The molecule has 5 nitrogen and oxygen atoms in total. The Morgan fingerprint density at radius 3 is 3.18 bits per heavy atom. The highest BCUT2D eigenvalue weighted by Crippen LogP contribution is 2.43. The summed E-state index contributed by atoms with van der Waals surface area (Å²) in [4.78, 5) is 2.29. The second kappa shape index (κ2) is 4.19. The lowest BCUT2D eigenvalue weighted by Gasteiger charge is -2.25. The Morgan fingerprint density at radius 1 is 1.59 bits per heavy atom. The van der Waals surface area contributed by atoms with Crippen molar-refractivity contribution in [3.8, 4) is 0 Å². The summed E-state index contributed by atoms with van der Waals surface area (Å²) in [6.07, 6.45) is 1.37. The number of hydrogen-bond acceptors (Lipinski definition) is 6. The predicted octanol–water partition coefficient (Wildman–Crippen LogP) is 1.09. The van der Waals surface area contributed by atoms with E-state index < -0.39 is 0 Å². The van der Waals surface area contributed by atoms with Gasteiger partial charge in [-0.1, -0.05) is 11.3 Å². The number of aryl methyl sites for hydroxylation is 1. The second-order valence-electron chi connectivity index (χ2n) is 4.89. The fraction of sp³-hybridized carbons (Fsp3) is 0.818. The molecule has 2 saturated heterocycles. The Labute approximate surface area is 105 Å². The smallest absolute Gasteiger partial charge is 0.208 e. The number of methoxy groups -OCH3 is 1. The van der Waals surface area contributed by atoms with Crippen LogP contribution in [-0.2, 0) is 9.47 Å². The van der Waals surface area contributed by atoms with Crippen LogP contribution in [0.4, 0.5) is 5.13 Å². The molecule has 0 saturated carbocycles. The van der Waals surface area contributed by atoms with Crippen LogP contribution in [0.2, 0.25) is 0 Å². The Balaban J connectivity index is 1.80. The molecular weight excluding hydrogens is 238 g/mol. The van der Waals surface area contributed by atoms with Crippen molar-refractivity contribution in [1.82, 2.24) is 10.2 Å². The Kier molecular flexibility index (Phi) is 2.80. The molecule has 0 amide bonds. The van der Waals surface area contributed by atoms with E-state index in [0.29, 0.717) is 0 Å². The minimum Gasteiger partial charge on any atom is -0.384 e. The monoisotopic (exact) mass is 255 g/mol. The lowest BCUT2D eigenvalue weighted by Crippen LogP contribution is -2.34. The Hall–Kier alpha value is -0.720. The SMILES string of the molecule is COC[C@]12CCO[C@H]1CN(c1nnc(C)s1)C2. The molecule has 0 N–H and O–H groups in total. The van der Waals surface area contributed by atoms with Gasteiger partial charge in [-0.3, -0.25) is 0 Å². The summed E-state index contributed by atoms with van der Waals surface area (Å²) in [6.45, 7) is 5.50. The zero-order chi connectivity index (χ0) is 11.9. The lowest BCUT2D eigenvalue weighted by molar-refractivity contribution is 0.0331. The highest BCUT2D eigenvalue weighted by Gasteiger charge is 2.51. The van der Waals surface area contributed by atoms with Gasteiger partial charge in [0, 0.05) is 32.2 Å². The first-order chi connectivity index (χ1) is 8.23. The maximum Gasteiger partial charge on any atom is 0.208 e. The molecule has 0 aromatic carbocycles. The van der Waals surface area contributed by atoms with E-state index in [1.807, 2.05) is 6.92 Å². The van der Waals surface area contributed by atoms with Crippen LogP contribution in [0.1, 0.15) is 11.4 Å². The average molecular weight is 255 g/mol. The third-order valence-electron chi connectivity index (χ3n) is 3.71. The van der Waals surface area contributed by atoms with Gasteiger partial charge in [-0.05, 0) is 13.3 Å². The topological polar surface area (TPSA) is 47.5 Å². The van der Waals surface area contributed by atoms with Gasteiger partial charge in [-0.25, -0.2) is 0 Å². The number of hydrogen-bond donors (Lipinski definition) is 0. The van der Waals surface area contributed by atoms with Crippen LogP contribution in [0.3, 0.4) is 0 Å². The van der Waals surface area contributed by atoms with E-state index in [2.05, 4.69) is 15.1 Å². The maximum atomic E-state index is 5.83. The first-order valence-corrected chi connectivity index (χ1v) is 6.71. The molecule has 1 aromatic rings. The molecule has 3 rings (SSSR count). The summed E-state index contributed by atoms with van der Waals surface area (Å²) in [5, 5.41) is 10.3. The molecule has 2 aliphatic rings. The zero-order valence-electron chi connectivity index (χ0n) is 10.2. The first kappa shape index (κ1) is 11.4. The number of nitrogens with zero attached hydrogens (tertiary/aromatic N) is 3. The van der Waals surface area contributed by atoms with E-state index >= 15 is 0 Å². The number of ether oxygens (including phenoxy) is 2. The molecule has 0 radical (unpaired) electrons. The van der Waals surface area contributed by atoms with E-state index in [9.17, 15) is 0 Å². The molecule has 0 unspecified atom stereocenters. The molecule has 0 bridgehead atoms. The predicted molar refractivity (Wildman–Crippen MR) is 65.5 cm³/mol. The van der Waals surface area contributed by atoms with Gasteiger partial charge in [-0.15, -0.1) is 10.2 Å². The van der Waals surface area contributed by atoms with E-state index in [1.165, 1.54) is 0 Å². The molecule has 94 valence electrons. The molecule has 3 heterocycles. The quantitative estimate of drug-likeness (QED) is 0.809. The molecule has 2 atom stereocenters. The summed E-state index contributed by atoms with van der Waals surface area (Å²) >= 11 is 1.65.